The van der Waals surface area contributed by atoms with Gasteiger partial charge in [0.2, 0.25) is 0 Å². The van der Waals surface area contributed by atoms with E-state index in [2.05, 4.69) is 4.74 Å². The smallest absolute Gasteiger partial charge is 0.261 e. The molecule has 0 bridgehead atoms. The first-order chi connectivity index (χ1) is 8.49. The minimum atomic E-state index is -2.58. The highest BCUT2D eigenvalue weighted by atomic mass is 19.3. The first kappa shape index (κ1) is 14.6. The van der Waals surface area contributed by atoms with Gasteiger partial charge in [0.1, 0.15) is 24.0 Å². The molecule has 0 radical (unpaired) electrons. The molecule has 1 aromatic carbocycles. The summed E-state index contributed by atoms with van der Waals surface area (Å²) in [5, 5.41) is 0. The minimum absolute atomic E-state index is 0.0474. The molecule has 0 N–H and O–H groups in total. The van der Waals surface area contributed by atoms with Crippen molar-refractivity contribution in [2.75, 3.05) is 13.2 Å². The van der Waals surface area contributed by atoms with Crippen LogP contribution >= 0.6 is 0 Å². The molecular formula is C12H12F4O2. The molecule has 18 heavy (non-hydrogen) atoms. The average molecular weight is 264 g/mol. The molecule has 2 nitrogen and oxygen atoms in total. The van der Waals surface area contributed by atoms with Gasteiger partial charge in [0.05, 0.1) is 6.61 Å². The molecule has 0 aromatic heterocycles. The Morgan fingerprint density at radius 2 is 2.00 bits per heavy atom. The van der Waals surface area contributed by atoms with Crippen molar-refractivity contribution >= 4 is 5.78 Å². The number of carbonyl (C=O) groups excluding carboxylic acids is 1. The van der Waals surface area contributed by atoms with Gasteiger partial charge < -0.3 is 4.74 Å². The van der Waals surface area contributed by atoms with Crippen LogP contribution in [-0.2, 0) is 16.0 Å². The quantitative estimate of drug-likeness (QED) is 0.559. The van der Waals surface area contributed by atoms with Gasteiger partial charge in [0, 0.05) is 12.8 Å². The van der Waals surface area contributed by atoms with Crippen LogP contribution in [0.4, 0.5) is 17.6 Å². The highest BCUT2D eigenvalue weighted by Crippen LogP contribution is 2.11. The topological polar surface area (TPSA) is 26.3 Å². The summed E-state index contributed by atoms with van der Waals surface area (Å²) in [7, 11) is 0. The second-order valence-electron chi connectivity index (χ2n) is 3.67. The van der Waals surface area contributed by atoms with Crippen LogP contribution in [0.5, 0.6) is 0 Å². The summed E-state index contributed by atoms with van der Waals surface area (Å²) < 4.78 is 53.9. The van der Waals surface area contributed by atoms with E-state index < -0.39 is 30.5 Å². The standard InChI is InChI=1S/C12H12F4O2/c13-9-1-2-11(14)8(5-9)6-10(17)3-4-18-7-12(15)16/h1-2,5,12H,3-4,6-7H2. The lowest BCUT2D eigenvalue weighted by Crippen LogP contribution is -2.11. The van der Waals surface area contributed by atoms with Gasteiger partial charge in [0.25, 0.3) is 6.43 Å². The molecule has 0 aliphatic carbocycles. The van der Waals surface area contributed by atoms with Crippen molar-refractivity contribution < 1.29 is 27.1 Å². The maximum atomic E-state index is 13.2. The molecule has 1 rings (SSSR count). The van der Waals surface area contributed by atoms with Gasteiger partial charge in [-0.1, -0.05) is 0 Å². The number of ketones is 1. The largest absolute Gasteiger partial charge is 0.375 e. The molecule has 0 saturated carbocycles. The molecule has 0 atom stereocenters. The van der Waals surface area contributed by atoms with Crippen molar-refractivity contribution in [3.8, 4) is 0 Å². The highest BCUT2D eigenvalue weighted by molar-refractivity contribution is 5.80. The zero-order valence-corrected chi connectivity index (χ0v) is 9.47. The molecule has 0 heterocycles. The van der Waals surface area contributed by atoms with Crippen LogP contribution in [0.15, 0.2) is 18.2 Å². The number of halogens is 4. The fraction of sp³-hybridized carbons (Fsp3) is 0.417. The summed E-state index contributed by atoms with van der Waals surface area (Å²) in [5.74, 6) is -1.69. The predicted molar refractivity (Wildman–Crippen MR) is 56.5 cm³/mol. The summed E-state index contributed by atoms with van der Waals surface area (Å²) in [6, 6.07) is 2.83. The van der Waals surface area contributed by atoms with Crippen molar-refractivity contribution in [2.24, 2.45) is 0 Å². The minimum Gasteiger partial charge on any atom is -0.375 e. The van der Waals surface area contributed by atoms with E-state index in [0.717, 1.165) is 18.2 Å². The monoisotopic (exact) mass is 264 g/mol. The van der Waals surface area contributed by atoms with E-state index in [1.54, 1.807) is 0 Å². The van der Waals surface area contributed by atoms with E-state index in [9.17, 15) is 22.4 Å². The SMILES string of the molecule is O=C(CCOCC(F)F)Cc1cc(F)ccc1F. The molecule has 0 amide bonds. The maximum absolute atomic E-state index is 13.2. The van der Waals surface area contributed by atoms with Crippen molar-refractivity contribution in [3.63, 3.8) is 0 Å². The van der Waals surface area contributed by atoms with E-state index >= 15 is 0 Å². The summed E-state index contributed by atoms with van der Waals surface area (Å²) in [5.41, 5.74) is -0.0474. The van der Waals surface area contributed by atoms with Gasteiger partial charge >= 0.3 is 0 Å². The molecule has 0 fully saturated rings. The van der Waals surface area contributed by atoms with Gasteiger partial charge in [-0.05, 0) is 23.8 Å². The lowest BCUT2D eigenvalue weighted by molar-refractivity contribution is -0.119. The van der Waals surface area contributed by atoms with Crippen molar-refractivity contribution in [1.82, 2.24) is 0 Å². The van der Waals surface area contributed by atoms with E-state index in [1.807, 2.05) is 0 Å². The Balaban J connectivity index is 2.38. The first-order valence-electron chi connectivity index (χ1n) is 5.30. The third kappa shape index (κ3) is 5.27. The van der Waals surface area contributed by atoms with Crippen molar-refractivity contribution in [1.29, 1.82) is 0 Å². The Morgan fingerprint density at radius 3 is 2.67 bits per heavy atom. The molecule has 0 unspecified atom stereocenters. The summed E-state index contributed by atoms with van der Waals surface area (Å²) in [6.07, 6.45) is -2.97. The van der Waals surface area contributed by atoms with E-state index in [0.29, 0.717) is 0 Å². The molecule has 1 aromatic rings. The molecule has 0 spiro atoms. The highest BCUT2D eigenvalue weighted by Gasteiger charge is 2.10. The predicted octanol–water partition coefficient (Wildman–Crippen LogP) is 2.75. The maximum Gasteiger partial charge on any atom is 0.261 e. The Hall–Kier alpha value is -1.43. The molecular weight excluding hydrogens is 252 g/mol. The number of hydrogen-bond acceptors (Lipinski definition) is 2. The summed E-state index contributed by atoms with van der Waals surface area (Å²) in [6.45, 7) is -0.887. The van der Waals surface area contributed by atoms with Crippen LogP contribution in [-0.4, -0.2) is 25.4 Å². The zero-order chi connectivity index (χ0) is 13.5. The molecule has 6 heteroatoms. The van der Waals surface area contributed by atoms with Gasteiger partial charge in [-0.15, -0.1) is 0 Å². The normalized spacial score (nSPS) is 10.9. The fourth-order valence-electron chi connectivity index (χ4n) is 1.34. The Bertz CT molecular complexity index is 407. The van der Waals surface area contributed by atoms with Crippen molar-refractivity contribution in [2.45, 2.75) is 19.3 Å². The van der Waals surface area contributed by atoms with Crippen LogP contribution in [0, 0.1) is 11.6 Å². The number of hydrogen-bond donors (Lipinski definition) is 0. The lowest BCUT2D eigenvalue weighted by atomic mass is 10.1. The molecule has 0 aliphatic rings. The number of benzene rings is 1. The second-order valence-corrected chi connectivity index (χ2v) is 3.67. The number of ether oxygens (including phenoxy) is 1. The van der Waals surface area contributed by atoms with Crippen molar-refractivity contribution in [3.05, 3.63) is 35.4 Å². The van der Waals surface area contributed by atoms with E-state index in [1.165, 1.54) is 0 Å². The van der Waals surface area contributed by atoms with E-state index in [4.69, 9.17) is 0 Å². The molecule has 100 valence electrons. The van der Waals surface area contributed by atoms with Gasteiger partial charge in [-0.2, -0.15) is 0 Å². The van der Waals surface area contributed by atoms with Gasteiger partial charge in [0.15, 0.2) is 0 Å². The fourth-order valence-corrected chi connectivity index (χ4v) is 1.34. The Labute approximate surface area is 102 Å². The summed E-state index contributed by atoms with van der Waals surface area (Å²) in [4.78, 5) is 11.4. The molecule has 0 saturated heterocycles. The van der Waals surface area contributed by atoms with Crippen LogP contribution in [0.25, 0.3) is 0 Å². The van der Waals surface area contributed by atoms with Crippen LogP contribution in [0.2, 0.25) is 0 Å². The summed E-state index contributed by atoms with van der Waals surface area (Å²) >= 11 is 0. The first-order valence-corrected chi connectivity index (χ1v) is 5.30. The lowest BCUT2D eigenvalue weighted by Gasteiger charge is -2.04. The average Bonchev–Trinajstić information content (AvgIpc) is 2.29. The van der Waals surface area contributed by atoms with Gasteiger partial charge in [-0.3, -0.25) is 4.79 Å². The van der Waals surface area contributed by atoms with Crippen LogP contribution in [0.1, 0.15) is 12.0 Å². The zero-order valence-electron chi connectivity index (χ0n) is 9.47. The Morgan fingerprint density at radius 1 is 1.28 bits per heavy atom. The van der Waals surface area contributed by atoms with Gasteiger partial charge in [-0.25, -0.2) is 17.6 Å². The Kier molecular flexibility index (Phi) is 5.77. The molecule has 0 aliphatic heterocycles. The number of carbonyl (C=O) groups is 1. The van der Waals surface area contributed by atoms with E-state index in [-0.39, 0.29) is 25.0 Å². The third-order valence-electron chi connectivity index (χ3n) is 2.16. The van der Waals surface area contributed by atoms with Crippen LogP contribution < -0.4 is 0 Å². The second kappa shape index (κ2) is 7.10. The number of alkyl halides is 2. The number of Topliss-reactive ketones (excluding diaryl/α,β-unsaturated/α-hetero) is 1. The van der Waals surface area contributed by atoms with Crippen LogP contribution in [0.3, 0.4) is 0 Å². The number of rotatable bonds is 7. The third-order valence-corrected chi connectivity index (χ3v) is 2.16.